The summed E-state index contributed by atoms with van der Waals surface area (Å²) in [6, 6.07) is 0. The third-order valence-electron chi connectivity index (χ3n) is 4.03. The fourth-order valence-corrected chi connectivity index (χ4v) is 2.69. The smallest absolute Gasteiger partial charge is 0.0698 e. The summed E-state index contributed by atoms with van der Waals surface area (Å²) in [7, 11) is 1.84. The predicted octanol–water partition coefficient (Wildman–Crippen LogP) is 2.30. The van der Waals surface area contributed by atoms with Gasteiger partial charge in [-0.15, -0.1) is 0 Å². The summed E-state index contributed by atoms with van der Waals surface area (Å²) in [5.41, 5.74) is 0.472. The Morgan fingerprint density at radius 3 is 2.71 bits per heavy atom. The van der Waals surface area contributed by atoms with Crippen LogP contribution in [0.4, 0.5) is 0 Å². The summed E-state index contributed by atoms with van der Waals surface area (Å²) in [5.74, 6) is 0. The Labute approximate surface area is 105 Å². The van der Waals surface area contributed by atoms with Crippen molar-refractivity contribution in [2.45, 2.75) is 51.7 Å². The van der Waals surface area contributed by atoms with Crippen LogP contribution in [0.15, 0.2) is 0 Å². The molecule has 3 heteroatoms. The summed E-state index contributed by atoms with van der Waals surface area (Å²) in [4.78, 5) is 2.58. The van der Waals surface area contributed by atoms with Gasteiger partial charge in [0.2, 0.25) is 0 Å². The fraction of sp³-hybridized carbons (Fsp3) is 1.00. The number of ether oxygens (including phenoxy) is 2. The number of likely N-dealkylation sites (tertiary alicyclic amines) is 1. The zero-order valence-corrected chi connectivity index (χ0v) is 11.6. The van der Waals surface area contributed by atoms with Gasteiger partial charge in [-0.3, -0.25) is 0 Å². The van der Waals surface area contributed by atoms with Crippen LogP contribution in [0.3, 0.4) is 0 Å². The molecule has 0 amide bonds. The van der Waals surface area contributed by atoms with Gasteiger partial charge in [0.25, 0.3) is 0 Å². The molecule has 100 valence electrons. The molecule has 1 aliphatic carbocycles. The monoisotopic (exact) mass is 241 g/mol. The van der Waals surface area contributed by atoms with Gasteiger partial charge in [-0.2, -0.15) is 0 Å². The number of piperidine rings is 1. The standard InChI is InChI=1S/C14H27NO2/c1-12(2)17-11-14(6-7-14)10-15-8-4-5-13(9-15)16-3/h12-13H,4-11H2,1-3H3/t13-/m0/s1. The van der Waals surface area contributed by atoms with Crippen molar-refractivity contribution in [2.75, 3.05) is 33.4 Å². The van der Waals surface area contributed by atoms with E-state index in [-0.39, 0.29) is 0 Å². The average molecular weight is 241 g/mol. The number of methoxy groups -OCH3 is 1. The molecule has 17 heavy (non-hydrogen) atoms. The Kier molecular flexibility index (Phi) is 4.45. The van der Waals surface area contributed by atoms with E-state index in [4.69, 9.17) is 9.47 Å². The molecule has 0 aromatic heterocycles. The number of rotatable bonds is 6. The van der Waals surface area contributed by atoms with Crippen LogP contribution in [0.5, 0.6) is 0 Å². The largest absolute Gasteiger partial charge is 0.380 e. The molecule has 0 spiro atoms. The van der Waals surface area contributed by atoms with E-state index >= 15 is 0 Å². The third kappa shape index (κ3) is 3.94. The fourth-order valence-electron chi connectivity index (χ4n) is 2.69. The maximum Gasteiger partial charge on any atom is 0.0698 e. The second-order valence-electron chi connectivity index (χ2n) is 6.09. The molecule has 1 saturated heterocycles. The van der Waals surface area contributed by atoms with Gasteiger partial charge in [-0.25, -0.2) is 0 Å². The minimum absolute atomic E-state index is 0.362. The molecular weight excluding hydrogens is 214 g/mol. The van der Waals surface area contributed by atoms with E-state index in [1.165, 1.54) is 38.8 Å². The molecule has 1 atom stereocenters. The Morgan fingerprint density at radius 1 is 1.35 bits per heavy atom. The molecule has 1 heterocycles. The molecule has 2 fully saturated rings. The van der Waals surface area contributed by atoms with Crippen LogP contribution in [-0.2, 0) is 9.47 Å². The summed E-state index contributed by atoms with van der Waals surface area (Å²) in [6.45, 7) is 8.75. The van der Waals surface area contributed by atoms with Crippen molar-refractivity contribution in [1.29, 1.82) is 0 Å². The lowest BCUT2D eigenvalue weighted by Gasteiger charge is -2.34. The van der Waals surface area contributed by atoms with E-state index in [1.54, 1.807) is 0 Å². The minimum Gasteiger partial charge on any atom is -0.380 e. The predicted molar refractivity (Wildman–Crippen MR) is 69.2 cm³/mol. The maximum absolute atomic E-state index is 5.81. The molecule has 2 aliphatic rings. The van der Waals surface area contributed by atoms with Crippen LogP contribution >= 0.6 is 0 Å². The summed E-state index contributed by atoms with van der Waals surface area (Å²) in [5, 5.41) is 0. The van der Waals surface area contributed by atoms with Crippen LogP contribution in [-0.4, -0.2) is 50.5 Å². The molecule has 0 unspecified atom stereocenters. The van der Waals surface area contributed by atoms with Crippen molar-refractivity contribution in [3.05, 3.63) is 0 Å². The Morgan fingerprint density at radius 2 is 2.12 bits per heavy atom. The van der Waals surface area contributed by atoms with E-state index in [1.807, 2.05) is 7.11 Å². The highest BCUT2D eigenvalue weighted by Gasteiger charge is 2.44. The number of hydrogen-bond acceptors (Lipinski definition) is 3. The zero-order chi connectivity index (χ0) is 12.3. The number of hydrogen-bond donors (Lipinski definition) is 0. The zero-order valence-electron chi connectivity index (χ0n) is 11.6. The molecule has 0 bridgehead atoms. The molecule has 1 saturated carbocycles. The highest BCUT2D eigenvalue weighted by molar-refractivity contribution is 4.96. The summed E-state index contributed by atoms with van der Waals surface area (Å²) < 4.78 is 11.3. The van der Waals surface area contributed by atoms with Gasteiger partial charge in [-0.05, 0) is 46.1 Å². The first-order chi connectivity index (χ1) is 8.13. The lowest BCUT2D eigenvalue weighted by Crippen LogP contribution is -2.43. The van der Waals surface area contributed by atoms with Gasteiger partial charge in [0, 0.05) is 25.6 Å². The average Bonchev–Trinajstić information content (AvgIpc) is 3.07. The normalized spacial score (nSPS) is 28.6. The van der Waals surface area contributed by atoms with Crippen molar-refractivity contribution in [3.63, 3.8) is 0 Å². The van der Waals surface area contributed by atoms with E-state index in [2.05, 4.69) is 18.7 Å². The quantitative estimate of drug-likeness (QED) is 0.712. The molecule has 3 nitrogen and oxygen atoms in total. The van der Waals surface area contributed by atoms with Crippen molar-refractivity contribution < 1.29 is 9.47 Å². The molecular formula is C14H27NO2. The second kappa shape index (κ2) is 5.68. The first-order valence-electron chi connectivity index (χ1n) is 7.00. The highest BCUT2D eigenvalue weighted by atomic mass is 16.5. The topological polar surface area (TPSA) is 21.7 Å². The maximum atomic E-state index is 5.81. The van der Waals surface area contributed by atoms with Gasteiger partial charge in [0.1, 0.15) is 0 Å². The van der Waals surface area contributed by atoms with Gasteiger partial charge in [0.15, 0.2) is 0 Å². The Hall–Kier alpha value is -0.120. The second-order valence-corrected chi connectivity index (χ2v) is 6.09. The van der Waals surface area contributed by atoms with Crippen LogP contribution < -0.4 is 0 Å². The third-order valence-corrected chi connectivity index (χ3v) is 4.03. The van der Waals surface area contributed by atoms with Gasteiger partial charge < -0.3 is 14.4 Å². The SMILES string of the molecule is CO[C@H]1CCCN(CC2(COC(C)C)CC2)C1. The van der Waals surface area contributed by atoms with Crippen molar-refractivity contribution >= 4 is 0 Å². The molecule has 1 aliphatic heterocycles. The number of nitrogens with zero attached hydrogens (tertiary/aromatic N) is 1. The van der Waals surface area contributed by atoms with Crippen molar-refractivity contribution in [3.8, 4) is 0 Å². The van der Waals surface area contributed by atoms with Gasteiger partial charge >= 0.3 is 0 Å². The van der Waals surface area contributed by atoms with E-state index in [9.17, 15) is 0 Å². The lowest BCUT2D eigenvalue weighted by molar-refractivity contribution is 0.000693. The lowest BCUT2D eigenvalue weighted by atomic mass is 10.0. The van der Waals surface area contributed by atoms with E-state index in [0.717, 1.165) is 13.2 Å². The first-order valence-corrected chi connectivity index (χ1v) is 7.00. The van der Waals surface area contributed by atoms with E-state index in [0.29, 0.717) is 17.6 Å². The summed E-state index contributed by atoms with van der Waals surface area (Å²) >= 11 is 0. The van der Waals surface area contributed by atoms with E-state index < -0.39 is 0 Å². The molecule has 0 radical (unpaired) electrons. The van der Waals surface area contributed by atoms with Crippen molar-refractivity contribution in [2.24, 2.45) is 5.41 Å². The Balaban J connectivity index is 1.76. The van der Waals surface area contributed by atoms with Crippen LogP contribution in [0.25, 0.3) is 0 Å². The minimum atomic E-state index is 0.362. The molecule has 0 aromatic rings. The van der Waals surface area contributed by atoms with Gasteiger partial charge in [-0.1, -0.05) is 0 Å². The molecule has 2 rings (SSSR count). The molecule has 0 N–H and O–H groups in total. The van der Waals surface area contributed by atoms with Crippen LogP contribution in [0, 0.1) is 5.41 Å². The van der Waals surface area contributed by atoms with Crippen LogP contribution in [0.1, 0.15) is 39.5 Å². The van der Waals surface area contributed by atoms with Crippen molar-refractivity contribution in [1.82, 2.24) is 4.90 Å². The molecule has 0 aromatic carbocycles. The Bertz CT molecular complexity index is 238. The van der Waals surface area contributed by atoms with Gasteiger partial charge in [0.05, 0.1) is 18.8 Å². The van der Waals surface area contributed by atoms with Crippen LogP contribution in [0.2, 0.25) is 0 Å². The first kappa shape index (κ1) is 13.3. The summed E-state index contributed by atoms with van der Waals surface area (Å²) in [6.07, 6.45) is 6.00. The highest BCUT2D eigenvalue weighted by Crippen LogP contribution is 2.47.